The fourth-order valence-electron chi connectivity index (χ4n) is 4.26. The lowest BCUT2D eigenvalue weighted by Gasteiger charge is -2.39. The zero-order valence-corrected chi connectivity index (χ0v) is 18.1. The van der Waals surface area contributed by atoms with Gasteiger partial charge in [-0.25, -0.2) is 4.98 Å². The van der Waals surface area contributed by atoms with Crippen LogP contribution < -0.4 is 5.32 Å². The second-order valence-corrected chi connectivity index (χ2v) is 8.75. The Labute approximate surface area is 178 Å². The van der Waals surface area contributed by atoms with E-state index in [9.17, 15) is 9.59 Å². The summed E-state index contributed by atoms with van der Waals surface area (Å²) in [6, 6.07) is 3.44. The predicted molar refractivity (Wildman–Crippen MR) is 115 cm³/mol. The molecule has 29 heavy (non-hydrogen) atoms. The first-order chi connectivity index (χ1) is 14.0. The second kappa shape index (κ2) is 8.61. The Morgan fingerprint density at radius 2 is 2.00 bits per heavy atom. The first-order valence-corrected chi connectivity index (χ1v) is 11.0. The molecule has 152 valence electrons. The summed E-state index contributed by atoms with van der Waals surface area (Å²) in [6.07, 6.45) is 11.4. The Kier molecular flexibility index (Phi) is 5.94. The van der Waals surface area contributed by atoms with E-state index >= 15 is 0 Å². The minimum Gasteiger partial charge on any atom is -0.346 e. The summed E-state index contributed by atoms with van der Waals surface area (Å²) < 4.78 is 0.757. The van der Waals surface area contributed by atoms with Crippen LogP contribution in [0.1, 0.15) is 55.9 Å². The SMILES string of the molecule is C[C@@H]1[C@H](NC(=O)c2ccc3cncc(Br)c3n2)CCCN1C(=O)C=C1CCCC1. The van der Waals surface area contributed by atoms with Crippen molar-refractivity contribution < 1.29 is 9.59 Å². The molecule has 2 amide bonds. The monoisotopic (exact) mass is 456 g/mol. The van der Waals surface area contributed by atoms with Gasteiger partial charge in [-0.1, -0.05) is 5.57 Å². The number of pyridine rings is 2. The van der Waals surface area contributed by atoms with Gasteiger partial charge in [0.05, 0.1) is 9.99 Å². The molecule has 0 spiro atoms. The number of allylic oxidation sites excluding steroid dienone is 1. The Morgan fingerprint density at radius 1 is 1.21 bits per heavy atom. The number of fused-ring (bicyclic) bond motifs is 1. The molecule has 2 aromatic rings. The van der Waals surface area contributed by atoms with Crippen LogP contribution in [0.3, 0.4) is 0 Å². The van der Waals surface area contributed by atoms with E-state index in [1.807, 2.05) is 24.0 Å². The van der Waals surface area contributed by atoms with Crippen molar-refractivity contribution in [3.05, 3.63) is 46.3 Å². The molecule has 2 fully saturated rings. The Balaban J connectivity index is 1.47. The number of nitrogens with one attached hydrogen (secondary N) is 1. The number of aromatic nitrogens is 2. The van der Waals surface area contributed by atoms with Gasteiger partial charge in [-0.2, -0.15) is 0 Å². The lowest BCUT2D eigenvalue weighted by atomic mass is 9.96. The number of likely N-dealkylation sites (tertiary alicyclic amines) is 1. The third-order valence-corrected chi connectivity index (χ3v) is 6.53. The van der Waals surface area contributed by atoms with Gasteiger partial charge in [-0.05, 0) is 73.5 Å². The number of hydrogen-bond acceptors (Lipinski definition) is 4. The molecule has 2 atom stereocenters. The molecule has 0 unspecified atom stereocenters. The van der Waals surface area contributed by atoms with Crippen LogP contribution in [0.4, 0.5) is 0 Å². The summed E-state index contributed by atoms with van der Waals surface area (Å²) in [5.41, 5.74) is 2.34. The van der Waals surface area contributed by atoms with E-state index < -0.39 is 0 Å². The highest BCUT2D eigenvalue weighted by molar-refractivity contribution is 9.10. The maximum absolute atomic E-state index is 12.8. The summed E-state index contributed by atoms with van der Waals surface area (Å²) in [6.45, 7) is 2.76. The van der Waals surface area contributed by atoms with E-state index in [1.165, 1.54) is 18.4 Å². The van der Waals surface area contributed by atoms with Crippen molar-refractivity contribution in [2.75, 3.05) is 6.54 Å². The van der Waals surface area contributed by atoms with Crippen LogP contribution in [0, 0.1) is 0 Å². The van der Waals surface area contributed by atoms with E-state index in [1.54, 1.807) is 18.5 Å². The molecular weight excluding hydrogens is 432 g/mol. The van der Waals surface area contributed by atoms with Gasteiger partial charge in [0.2, 0.25) is 5.91 Å². The first-order valence-electron chi connectivity index (χ1n) is 10.2. The molecule has 0 aromatic carbocycles. The van der Waals surface area contributed by atoms with Crippen molar-refractivity contribution in [1.82, 2.24) is 20.2 Å². The van der Waals surface area contributed by atoms with Crippen molar-refractivity contribution >= 4 is 38.6 Å². The first kappa shape index (κ1) is 20.0. The van der Waals surface area contributed by atoms with E-state index in [0.717, 1.165) is 42.1 Å². The van der Waals surface area contributed by atoms with Crippen LogP contribution in [-0.4, -0.2) is 45.3 Å². The summed E-state index contributed by atoms with van der Waals surface area (Å²) in [4.78, 5) is 36.1. The van der Waals surface area contributed by atoms with Gasteiger partial charge in [0.1, 0.15) is 5.69 Å². The van der Waals surface area contributed by atoms with Crippen molar-refractivity contribution in [3.8, 4) is 0 Å². The van der Waals surface area contributed by atoms with Crippen molar-refractivity contribution in [3.63, 3.8) is 0 Å². The fourth-order valence-corrected chi connectivity index (χ4v) is 4.69. The van der Waals surface area contributed by atoms with Crippen LogP contribution in [0.25, 0.3) is 10.9 Å². The molecule has 2 aliphatic rings. The number of piperidine rings is 1. The minimum absolute atomic E-state index is 0.0464. The molecule has 0 bridgehead atoms. The summed E-state index contributed by atoms with van der Waals surface area (Å²) in [7, 11) is 0. The minimum atomic E-state index is -0.212. The van der Waals surface area contributed by atoms with Crippen LogP contribution in [0.15, 0.2) is 40.6 Å². The largest absolute Gasteiger partial charge is 0.346 e. The molecule has 6 nitrogen and oxygen atoms in total. The highest BCUT2D eigenvalue weighted by Gasteiger charge is 2.32. The summed E-state index contributed by atoms with van der Waals surface area (Å²) in [5, 5.41) is 3.97. The van der Waals surface area contributed by atoms with E-state index in [4.69, 9.17) is 0 Å². The topological polar surface area (TPSA) is 75.2 Å². The van der Waals surface area contributed by atoms with Crippen LogP contribution in [0.5, 0.6) is 0 Å². The highest BCUT2D eigenvalue weighted by Crippen LogP contribution is 2.25. The number of carbonyl (C=O) groups is 2. The number of rotatable bonds is 3. The fraction of sp³-hybridized carbons (Fsp3) is 0.455. The normalized spacial score (nSPS) is 22.0. The van der Waals surface area contributed by atoms with Gasteiger partial charge in [0, 0.05) is 42.5 Å². The predicted octanol–water partition coefficient (Wildman–Crippen LogP) is 4.00. The molecular formula is C22H25BrN4O2. The molecule has 3 heterocycles. The molecule has 1 N–H and O–H groups in total. The number of hydrogen-bond donors (Lipinski definition) is 1. The van der Waals surface area contributed by atoms with E-state index in [0.29, 0.717) is 11.2 Å². The maximum Gasteiger partial charge on any atom is 0.270 e. The van der Waals surface area contributed by atoms with Gasteiger partial charge >= 0.3 is 0 Å². The lowest BCUT2D eigenvalue weighted by Crippen LogP contribution is -2.55. The third kappa shape index (κ3) is 4.34. The average molecular weight is 457 g/mol. The molecule has 2 aromatic heterocycles. The zero-order chi connectivity index (χ0) is 20.4. The highest BCUT2D eigenvalue weighted by atomic mass is 79.9. The van der Waals surface area contributed by atoms with Gasteiger partial charge < -0.3 is 10.2 Å². The molecule has 0 radical (unpaired) electrons. The van der Waals surface area contributed by atoms with Crippen LogP contribution in [-0.2, 0) is 4.79 Å². The van der Waals surface area contributed by atoms with Crippen LogP contribution in [0.2, 0.25) is 0 Å². The average Bonchev–Trinajstić information content (AvgIpc) is 3.22. The maximum atomic E-state index is 12.8. The Morgan fingerprint density at radius 3 is 2.79 bits per heavy atom. The molecule has 7 heteroatoms. The molecule has 1 saturated carbocycles. The van der Waals surface area contributed by atoms with Crippen molar-refractivity contribution in [2.24, 2.45) is 0 Å². The summed E-state index contributed by atoms with van der Waals surface area (Å²) >= 11 is 3.44. The van der Waals surface area contributed by atoms with Crippen molar-refractivity contribution in [1.29, 1.82) is 0 Å². The Hall–Kier alpha value is -2.28. The van der Waals surface area contributed by atoms with Gasteiger partial charge in [-0.3, -0.25) is 14.6 Å². The third-order valence-electron chi connectivity index (χ3n) is 5.95. The van der Waals surface area contributed by atoms with Crippen molar-refractivity contribution in [2.45, 2.75) is 57.5 Å². The summed E-state index contributed by atoms with van der Waals surface area (Å²) in [5.74, 6) is -0.135. The standard InChI is InChI=1S/C22H25BrN4O2/c1-14-18(7-4-10-27(14)20(28)11-15-5-2-3-6-15)26-22(29)19-9-8-16-12-24-13-17(23)21(16)25-19/h8-9,11-14,18H,2-7,10H2,1H3,(H,26,29)/t14-,18-/m1/s1. The second-order valence-electron chi connectivity index (χ2n) is 7.89. The quantitative estimate of drug-likeness (QED) is 0.708. The Bertz CT molecular complexity index is 966. The number of amides is 2. The van der Waals surface area contributed by atoms with Gasteiger partial charge in [0.25, 0.3) is 5.91 Å². The molecule has 1 aliphatic heterocycles. The molecule has 4 rings (SSSR count). The molecule has 1 saturated heterocycles. The van der Waals surface area contributed by atoms with Crippen LogP contribution >= 0.6 is 15.9 Å². The zero-order valence-electron chi connectivity index (χ0n) is 16.5. The van der Waals surface area contributed by atoms with Gasteiger partial charge in [0.15, 0.2) is 0 Å². The number of nitrogens with zero attached hydrogens (tertiary/aromatic N) is 3. The van der Waals surface area contributed by atoms with E-state index in [-0.39, 0.29) is 23.9 Å². The number of carbonyl (C=O) groups excluding carboxylic acids is 2. The van der Waals surface area contributed by atoms with Gasteiger partial charge in [-0.15, -0.1) is 0 Å². The van der Waals surface area contributed by atoms with E-state index in [2.05, 4.69) is 31.2 Å². The smallest absolute Gasteiger partial charge is 0.270 e. The number of halogens is 1. The molecule has 1 aliphatic carbocycles. The lowest BCUT2D eigenvalue weighted by molar-refractivity contribution is -0.129.